The van der Waals surface area contributed by atoms with E-state index in [2.05, 4.69) is 17.9 Å². The average molecular weight is 303 g/mol. The van der Waals surface area contributed by atoms with Gasteiger partial charge in [-0.1, -0.05) is 19.1 Å². The maximum atomic E-state index is 6.01. The van der Waals surface area contributed by atoms with Crippen molar-refractivity contribution < 1.29 is 0 Å². The number of pyridine rings is 1. The summed E-state index contributed by atoms with van der Waals surface area (Å²) in [4.78, 5) is 7.97. The standard InChI is InChI=1S/C17H25N3S/c1-2-13-8-5-6-10-20(13)17-14(16(18)21)11-12-7-3-4-9-15(12)19-17/h11,13H,2-10H2,1H3,(H2,18,21). The fourth-order valence-corrected chi connectivity index (χ4v) is 3.88. The number of aryl methyl sites for hydroxylation is 2. The lowest BCUT2D eigenvalue weighted by atomic mass is 9.93. The number of thiocarbonyl (C=S) groups is 1. The van der Waals surface area contributed by atoms with Gasteiger partial charge in [-0.05, 0) is 63.0 Å². The number of hydrogen-bond donors (Lipinski definition) is 1. The van der Waals surface area contributed by atoms with Crippen molar-refractivity contribution >= 4 is 23.0 Å². The zero-order valence-electron chi connectivity index (χ0n) is 12.9. The third-order valence-electron chi connectivity index (χ3n) is 4.92. The summed E-state index contributed by atoms with van der Waals surface area (Å²) in [6.07, 6.45) is 9.71. The molecule has 2 heterocycles. The zero-order chi connectivity index (χ0) is 14.8. The Bertz CT molecular complexity index is 541. The molecule has 21 heavy (non-hydrogen) atoms. The van der Waals surface area contributed by atoms with Crippen LogP contribution in [0, 0.1) is 0 Å². The smallest absolute Gasteiger partial charge is 0.139 e. The molecular formula is C17H25N3S. The number of hydrogen-bond acceptors (Lipinski definition) is 3. The molecule has 1 aromatic heterocycles. The highest BCUT2D eigenvalue weighted by atomic mass is 32.1. The SMILES string of the molecule is CCC1CCCCN1c1nc2c(cc1C(N)=S)CCCC2. The first-order valence-electron chi connectivity index (χ1n) is 8.30. The van der Waals surface area contributed by atoms with Crippen molar-refractivity contribution in [3.8, 4) is 0 Å². The van der Waals surface area contributed by atoms with Gasteiger partial charge in [-0.2, -0.15) is 0 Å². The molecule has 0 spiro atoms. The van der Waals surface area contributed by atoms with Crippen LogP contribution in [0.2, 0.25) is 0 Å². The molecule has 0 amide bonds. The molecular weight excluding hydrogens is 278 g/mol. The molecule has 1 fully saturated rings. The number of rotatable bonds is 3. The van der Waals surface area contributed by atoms with Crippen LogP contribution in [0.1, 0.15) is 62.3 Å². The van der Waals surface area contributed by atoms with Gasteiger partial charge in [-0.15, -0.1) is 0 Å². The van der Waals surface area contributed by atoms with E-state index in [4.69, 9.17) is 22.9 Å². The summed E-state index contributed by atoms with van der Waals surface area (Å²) in [6.45, 7) is 3.35. The van der Waals surface area contributed by atoms with E-state index in [1.165, 1.54) is 43.4 Å². The summed E-state index contributed by atoms with van der Waals surface area (Å²) >= 11 is 5.31. The highest BCUT2D eigenvalue weighted by Gasteiger charge is 2.26. The zero-order valence-corrected chi connectivity index (χ0v) is 13.7. The van der Waals surface area contributed by atoms with Crippen molar-refractivity contribution in [1.82, 2.24) is 4.98 Å². The van der Waals surface area contributed by atoms with E-state index in [0.29, 0.717) is 11.0 Å². The maximum Gasteiger partial charge on any atom is 0.139 e. The highest BCUT2D eigenvalue weighted by Crippen LogP contribution is 2.31. The predicted molar refractivity (Wildman–Crippen MR) is 92.0 cm³/mol. The largest absolute Gasteiger partial charge is 0.389 e. The minimum atomic E-state index is 0.492. The van der Waals surface area contributed by atoms with Gasteiger partial charge in [0.1, 0.15) is 10.8 Å². The fraction of sp³-hybridized carbons (Fsp3) is 0.647. The number of nitrogens with zero attached hydrogens (tertiary/aromatic N) is 2. The lowest BCUT2D eigenvalue weighted by molar-refractivity contribution is 0.446. The lowest BCUT2D eigenvalue weighted by Crippen LogP contribution is -2.41. The number of anilines is 1. The van der Waals surface area contributed by atoms with Crippen LogP contribution in [0.25, 0.3) is 0 Å². The summed E-state index contributed by atoms with van der Waals surface area (Å²) in [5.41, 5.74) is 9.63. The van der Waals surface area contributed by atoms with Crippen LogP contribution in [0.15, 0.2) is 6.07 Å². The molecule has 1 saturated heterocycles. The van der Waals surface area contributed by atoms with E-state index in [9.17, 15) is 0 Å². The van der Waals surface area contributed by atoms with Gasteiger partial charge in [0.15, 0.2) is 0 Å². The molecule has 2 aliphatic rings. The van der Waals surface area contributed by atoms with E-state index >= 15 is 0 Å². The molecule has 0 aromatic carbocycles. The maximum absolute atomic E-state index is 6.01. The lowest BCUT2D eigenvalue weighted by Gasteiger charge is -2.38. The van der Waals surface area contributed by atoms with Crippen molar-refractivity contribution in [2.24, 2.45) is 5.73 Å². The first kappa shape index (κ1) is 14.8. The second-order valence-electron chi connectivity index (χ2n) is 6.29. The highest BCUT2D eigenvalue weighted by molar-refractivity contribution is 7.80. The quantitative estimate of drug-likeness (QED) is 0.869. The van der Waals surface area contributed by atoms with E-state index in [-0.39, 0.29) is 0 Å². The summed E-state index contributed by atoms with van der Waals surface area (Å²) in [7, 11) is 0. The van der Waals surface area contributed by atoms with Crippen LogP contribution in [0.4, 0.5) is 5.82 Å². The van der Waals surface area contributed by atoms with Crippen molar-refractivity contribution in [3.05, 3.63) is 22.9 Å². The van der Waals surface area contributed by atoms with E-state index < -0.39 is 0 Å². The summed E-state index contributed by atoms with van der Waals surface area (Å²) in [6, 6.07) is 2.81. The van der Waals surface area contributed by atoms with Gasteiger partial charge in [-0.3, -0.25) is 0 Å². The molecule has 3 rings (SSSR count). The van der Waals surface area contributed by atoms with Crippen molar-refractivity contribution in [2.75, 3.05) is 11.4 Å². The Balaban J connectivity index is 2.04. The molecule has 4 heteroatoms. The third kappa shape index (κ3) is 2.91. The van der Waals surface area contributed by atoms with Crippen LogP contribution in [0.5, 0.6) is 0 Å². The second kappa shape index (κ2) is 6.30. The summed E-state index contributed by atoms with van der Waals surface area (Å²) < 4.78 is 0. The molecule has 0 saturated carbocycles. The first-order valence-corrected chi connectivity index (χ1v) is 8.70. The van der Waals surface area contributed by atoms with Gasteiger partial charge in [0, 0.05) is 18.3 Å². The minimum Gasteiger partial charge on any atom is -0.389 e. The average Bonchev–Trinajstić information content (AvgIpc) is 2.53. The summed E-state index contributed by atoms with van der Waals surface area (Å²) in [5, 5.41) is 0. The van der Waals surface area contributed by atoms with E-state index in [0.717, 1.165) is 37.2 Å². The van der Waals surface area contributed by atoms with Gasteiger partial charge in [-0.25, -0.2) is 4.98 Å². The van der Waals surface area contributed by atoms with Gasteiger partial charge in [0.25, 0.3) is 0 Å². The van der Waals surface area contributed by atoms with Crippen molar-refractivity contribution in [2.45, 2.75) is 64.3 Å². The number of fused-ring (bicyclic) bond motifs is 1. The van der Waals surface area contributed by atoms with Gasteiger partial charge >= 0.3 is 0 Å². The molecule has 1 aliphatic carbocycles. The fourth-order valence-electron chi connectivity index (χ4n) is 3.73. The predicted octanol–water partition coefficient (Wildman–Crippen LogP) is 3.36. The first-order chi connectivity index (χ1) is 10.2. The second-order valence-corrected chi connectivity index (χ2v) is 6.73. The minimum absolute atomic E-state index is 0.492. The van der Waals surface area contributed by atoms with E-state index in [1.807, 2.05) is 0 Å². The Morgan fingerprint density at radius 2 is 2.14 bits per heavy atom. The topological polar surface area (TPSA) is 42.2 Å². The molecule has 1 atom stereocenters. The molecule has 0 bridgehead atoms. The molecule has 3 nitrogen and oxygen atoms in total. The van der Waals surface area contributed by atoms with Crippen LogP contribution in [-0.4, -0.2) is 22.6 Å². The Morgan fingerprint density at radius 1 is 1.33 bits per heavy atom. The van der Waals surface area contributed by atoms with Crippen LogP contribution in [-0.2, 0) is 12.8 Å². The number of piperidine rings is 1. The molecule has 2 N–H and O–H groups in total. The Labute approximate surface area is 132 Å². The Morgan fingerprint density at radius 3 is 2.90 bits per heavy atom. The van der Waals surface area contributed by atoms with E-state index in [1.54, 1.807) is 0 Å². The molecule has 0 radical (unpaired) electrons. The Hall–Kier alpha value is -1.16. The van der Waals surface area contributed by atoms with Gasteiger partial charge < -0.3 is 10.6 Å². The van der Waals surface area contributed by atoms with Crippen LogP contribution < -0.4 is 10.6 Å². The normalized spacial score (nSPS) is 22.0. The van der Waals surface area contributed by atoms with Gasteiger partial charge in [0.05, 0.1) is 5.56 Å². The molecule has 114 valence electrons. The van der Waals surface area contributed by atoms with Crippen LogP contribution >= 0.6 is 12.2 Å². The third-order valence-corrected chi connectivity index (χ3v) is 5.14. The molecule has 1 unspecified atom stereocenters. The number of nitrogens with two attached hydrogens (primary N) is 1. The Kier molecular flexibility index (Phi) is 4.43. The van der Waals surface area contributed by atoms with Gasteiger partial charge in [0.2, 0.25) is 0 Å². The van der Waals surface area contributed by atoms with Crippen LogP contribution in [0.3, 0.4) is 0 Å². The monoisotopic (exact) mass is 303 g/mol. The van der Waals surface area contributed by atoms with Crippen molar-refractivity contribution in [3.63, 3.8) is 0 Å². The molecule has 1 aliphatic heterocycles. The molecule has 1 aromatic rings. The number of aromatic nitrogens is 1. The van der Waals surface area contributed by atoms with Crippen molar-refractivity contribution in [1.29, 1.82) is 0 Å². The summed E-state index contributed by atoms with van der Waals surface area (Å²) in [5.74, 6) is 1.05.